The van der Waals surface area contributed by atoms with Crippen LogP contribution >= 0.6 is 0 Å². The molecule has 0 radical (unpaired) electrons. The molecule has 1 fully saturated rings. The molecule has 0 aliphatic carbocycles. The molecule has 0 spiro atoms. The monoisotopic (exact) mass is 318 g/mol. The summed E-state index contributed by atoms with van der Waals surface area (Å²) in [6, 6.07) is 6.59. The first-order chi connectivity index (χ1) is 11.2. The Bertz CT molecular complexity index is 625. The zero-order chi connectivity index (χ0) is 16.1. The number of piperazine rings is 1. The lowest BCUT2D eigenvalue weighted by Crippen LogP contribution is -2.49. The van der Waals surface area contributed by atoms with Crippen LogP contribution < -0.4 is 0 Å². The first-order valence-corrected chi connectivity index (χ1v) is 7.50. The number of furan rings is 2. The van der Waals surface area contributed by atoms with Gasteiger partial charge in [0.1, 0.15) is 6.61 Å². The fraction of sp³-hybridized carbons (Fsp3) is 0.375. The summed E-state index contributed by atoms with van der Waals surface area (Å²) in [6.45, 7) is 3.67. The minimum Gasteiger partial charge on any atom is -0.459 e. The molecule has 3 rings (SSSR count). The number of esters is 1. The number of hydrogen-bond acceptors (Lipinski definition) is 6. The Hall–Kier alpha value is -2.54. The third kappa shape index (κ3) is 3.81. The fourth-order valence-electron chi connectivity index (χ4n) is 2.46. The predicted octanol–water partition coefficient (Wildman–Crippen LogP) is 1.49. The van der Waals surface area contributed by atoms with E-state index in [2.05, 4.69) is 4.90 Å². The highest BCUT2D eigenvalue weighted by atomic mass is 16.5. The molecule has 1 saturated heterocycles. The van der Waals surface area contributed by atoms with Crippen LogP contribution in [0.15, 0.2) is 45.6 Å². The van der Waals surface area contributed by atoms with E-state index in [1.807, 2.05) is 0 Å². The van der Waals surface area contributed by atoms with Crippen molar-refractivity contribution in [3.63, 3.8) is 0 Å². The van der Waals surface area contributed by atoms with Gasteiger partial charge in [-0.2, -0.15) is 0 Å². The van der Waals surface area contributed by atoms with Crippen molar-refractivity contribution < 1.29 is 23.2 Å². The van der Waals surface area contributed by atoms with E-state index in [0.717, 1.165) is 13.1 Å². The maximum atomic E-state index is 12.1. The van der Waals surface area contributed by atoms with Gasteiger partial charge < -0.3 is 18.5 Å². The van der Waals surface area contributed by atoms with Crippen molar-refractivity contribution in [2.45, 2.75) is 0 Å². The van der Waals surface area contributed by atoms with Crippen molar-refractivity contribution in [1.29, 1.82) is 0 Å². The van der Waals surface area contributed by atoms with Crippen LogP contribution in [0.4, 0.5) is 0 Å². The van der Waals surface area contributed by atoms with Crippen LogP contribution in [0, 0.1) is 0 Å². The van der Waals surface area contributed by atoms with Gasteiger partial charge in [0.2, 0.25) is 5.76 Å². The van der Waals surface area contributed by atoms with Crippen molar-refractivity contribution in [2.24, 2.45) is 0 Å². The Kier molecular flexibility index (Phi) is 4.77. The molecule has 3 heterocycles. The lowest BCUT2D eigenvalue weighted by molar-refractivity contribution is 0.0378. The zero-order valence-electron chi connectivity index (χ0n) is 12.6. The number of rotatable bonds is 5. The third-order valence-electron chi connectivity index (χ3n) is 3.75. The van der Waals surface area contributed by atoms with Crippen molar-refractivity contribution in [3.05, 3.63) is 48.3 Å². The second kappa shape index (κ2) is 7.15. The van der Waals surface area contributed by atoms with Crippen molar-refractivity contribution in [2.75, 3.05) is 39.3 Å². The Morgan fingerprint density at radius 3 is 2.26 bits per heavy atom. The Balaban J connectivity index is 1.38. The van der Waals surface area contributed by atoms with Gasteiger partial charge in [-0.05, 0) is 24.3 Å². The molecule has 0 unspecified atom stereocenters. The van der Waals surface area contributed by atoms with Gasteiger partial charge in [0.25, 0.3) is 5.91 Å². The van der Waals surface area contributed by atoms with E-state index in [1.165, 1.54) is 12.5 Å². The van der Waals surface area contributed by atoms with Crippen LogP contribution in [0.1, 0.15) is 21.1 Å². The van der Waals surface area contributed by atoms with Gasteiger partial charge in [-0.1, -0.05) is 0 Å². The van der Waals surface area contributed by atoms with Gasteiger partial charge in [-0.25, -0.2) is 4.79 Å². The quantitative estimate of drug-likeness (QED) is 0.777. The minimum absolute atomic E-state index is 0.0844. The summed E-state index contributed by atoms with van der Waals surface area (Å²) in [4.78, 5) is 27.7. The SMILES string of the molecule is O=C(OCCN1CCN(C(=O)c2ccco2)CC1)c1ccco1. The van der Waals surface area contributed by atoms with E-state index in [4.69, 9.17) is 13.6 Å². The number of amides is 1. The maximum absolute atomic E-state index is 12.1. The summed E-state index contributed by atoms with van der Waals surface area (Å²) >= 11 is 0. The van der Waals surface area contributed by atoms with E-state index in [9.17, 15) is 9.59 Å². The molecule has 0 bridgehead atoms. The molecule has 0 N–H and O–H groups in total. The van der Waals surface area contributed by atoms with Crippen molar-refractivity contribution in [1.82, 2.24) is 9.80 Å². The predicted molar refractivity (Wildman–Crippen MR) is 80.0 cm³/mol. The highest BCUT2D eigenvalue weighted by molar-refractivity contribution is 5.91. The van der Waals surface area contributed by atoms with Gasteiger partial charge in [0.15, 0.2) is 5.76 Å². The van der Waals surface area contributed by atoms with Crippen LogP contribution in [0.25, 0.3) is 0 Å². The number of carbonyl (C=O) groups is 2. The van der Waals surface area contributed by atoms with E-state index < -0.39 is 5.97 Å². The summed E-state index contributed by atoms with van der Waals surface area (Å²) < 4.78 is 15.3. The molecule has 0 saturated carbocycles. The lowest BCUT2D eigenvalue weighted by Gasteiger charge is -2.34. The summed E-state index contributed by atoms with van der Waals surface area (Å²) in [7, 11) is 0. The summed E-state index contributed by atoms with van der Waals surface area (Å²) in [5.41, 5.74) is 0. The Morgan fingerprint density at radius 2 is 1.65 bits per heavy atom. The van der Waals surface area contributed by atoms with Gasteiger partial charge in [0.05, 0.1) is 12.5 Å². The molecule has 0 aromatic carbocycles. The normalized spacial score (nSPS) is 15.6. The second-order valence-electron chi connectivity index (χ2n) is 5.22. The number of ether oxygens (including phenoxy) is 1. The molecule has 1 aliphatic rings. The summed E-state index contributed by atoms with van der Waals surface area (Å²) in [5.74, 6) is 0.0326. The topological polar surface area (TPSA) is 76.1 Å². The summed E-state index contributed by atoms with van der Waals surface area (Å²) in [5, 5.41) is 0. The molecule has 122 valence electrons. The first kappa shape index (κ1) is 15.4. The minimum atomic E-state index is -0.457. The fourth-order valence-corrected chi connectivity index (χ4v) is 2.46. The summed E-state index contributed by atoms with van der Waals surface area (Å²) in [6.07, 6.45) is 2.93. The molecule has 23 heavy (non-hydrogen) atoms. The number of hydrogen-bond donors (Lipinski definition) is 0. The van der Waals surface area contributed by atoms with Gasteiger partial charge in [0, 0.05) is 32.7 Å². The molecular weight excluding hydrogens is 300 g/mol. The zero-order valence-corrected chi connectivity index (χ0v) is 12.6. The Morgan fingerprint density at radius 1 is 1.00 bits per heavy atom. The molecule has 2 aromatic heterocycles. The van der Waals surface area contributed by atoms with Gasteiger partial charge >= 0.3 is 5.97 Å². The third-order valence-corrected chi connectivity index (χ3v) is 3.75. The van der Waals surface area contributed by atoms with E-state index in [-0.39, 0.29) is 11.7 Å². The maximum Gasteiger partial charge on any atom is 0.374 e. The lowest BCUT2D eigenvalue weighted by atomic mass is 10.3. The molecule has 0 atom stereocenters. The van der Waals surface area contributed by atoms with Crippen LogP contribution in [0.5, 0.6) is 0 Å². The van der Waals surface area contributed by atoms with Crippen LogP contribution in [0.2, 0.25) is 0 Å². The van der Waals surface area contributed by atoms with Gasteiger partial charge in [-0.3, -0.25) is 9.69 Å². The van der Waals surface area contributed by atoms with Gasteiger partial charge in [-0.15, -0.1) is 0 Å². The molecule has 1 aliphatic heterocycles. The molecular formula is C16H18N2O5. The molecule has 7 nitrogen and oxygen atoms in total. The van der Waals surface area contributed by atoms with E-state index in [1.54, 1.807) is 29.2 Å². The smallest absolute Gasteiger partial charge is 0.374 e. The van der Waals surface area contributed by atoms with Crippen LogP contribution in [0.3, 0.4) is 0 Å². The first-order valence-electron chi connectivity index (χ1n) is 7.50. The number of carbonyl (C=O) groups excluding carboxylic acids is 2. The second-order valence-corrected chi connectivity index (χ2v) is 5.22. The average molecular weight is 318 g/mol. The van der Waals surface area contributed by atoms with E-state index >= 15 is 0 Å². The highest BCUT2D eigenvalue weighted by Crippen LogP contribution is 2.09. The molecule has 2 aromatic rings. The number of nitrogens with zero attached hydrogens (tertiary/aromatic N) is 2. The standard InChI is InChI=1S/C16H18N2O5/c19-15(13-3-1-10-21-13)18-7-5-17(6-8-18)9-12-23-16(20)14-4-2-11-22-14/h1-4,10-11H,5-9,12H2. The highest BCUT2D eigenvalue weighted by Gasteiger charge is 2.23. The molecule has 1 amide bonds. The van der Waals surface area contributed by atoms with Crippen molar-refractivity contribution >= 4 is 11.9 Å². The molecule has 7 heteroatoms. The average Bonchev–Trinajstić information content (AvgIpc) is 3.28. The Labute approximate surface area is 133 Å². The van der Waals surface area contributed by atoms with Crippen LogP contribution in [-0.4, -0.2) is 61.0 Å². The largest absolute Gasteiger partial charge is 0.459 e. The van der Waals surface area contributed by atoms with Crippen LogP contribution in [-0.2, 0) is 4.74 Å². The van der Waals surface area contributed by atoms with E-state index in [0.29, 0.717) is 32.0 Å². The van der Waals surface area contributed by atoms with Crippen molar-refractivity contribution in [3.8, 4) is 0 Å².